The van der Waals surface area contributed by atoms with Crippen molar-refractivity contribution in [1.82, 2.24) is 9.78 Å². The number of aryl methyl sites for hydroxylation is 1. The van der Waals surface area contributed by atoms with Gasteiger partial charge < -0.3 is 19.1 Å². The van der Waals surface area contributed by atoms with E-state index in [-0.39, 0.29) is 6.61 Å². The van der Waals surface area contributed by atoms with Crippen LogP contribution in [-0.2, 0) is 23.1 Å². The maximum atomic E-state index is 12.0. The van der Waals surface area contributed by atoms with E-state index in [2.05, 4.69) is 25.9 Å². The molecule has 7 nitrogen and oxygen atoms in total. The highest BCUT2D eigenvalue weighted by atomic mass is 79.9. The maximum Gasteiger partial charge on any atom is 0.357 e. The first kappa shape index (κ1) is 18.7. The molecular weight excluding hydrogens is 402 g/mol. The van der Waals surface area contributed by atoms with Crippen LogP contribution in [0.4, 0.5) is 5.69 Å². The SMILES string of the molecule is CCOC(=O)c1c(Br)c(COc2ccc(N3CCOCC3)cc2)nn1C. The van der Waals surface area contributed by atoms with Crippen molar-refractivity contribution in [2.45, 2.75) is 13.5 Å². The number of morpholine rings is 1. The number of rotatable bonds is 6. The monoisotopic (exact) mass is 423 g/mol. The summed E-state index contributed by atoms with van der Waals surface area (Å²) in [6, 6.07) is 7.96. The second-order valence-electron chi connectivity index (χ2n) is 5.84. The molecule has 0 spiro atoms. The van der Waals surface area contributed by atoms with Gasteiger partial charge in [-0.3, -0.25) is 4.68 Å². The lowest BCUT2D eigenvalue weighted by Gasteiger charge is -2.28. The Morgan fingerprint density at radius 1 is 1.27 bits per heavy atom. The summed E-state index contributed by atoms with van der Waals surface area (Å²) >= 11 is 3.43. The van der Waals surface area contributed by atoms with Gasteiger partial charge in [-0.2, -0.15) is 5.10 Å². The lowest BCUT2D eigenvalue weighted by molar-refractivity contribution is 0.0512. The number of carbonyl (C=O) groups excluding carboxylic acids is 1. The van der Waals surface area contributed by atoms with Crippen molar-refractivity contribution >= 4 is 27.6 Å². The fourth-order valence-corrected chi connectivity index (χ4v) is 3.41. The first-order chi connectivity index (χ1) is 12.6. The van der Waals surface area contributed by atoms with Crippen LogP contribution in [0.5, 0.6) is 5.75 Å². The molecule has 0 N–H and O–H groups in total. The fourth-order valence-electron chi connectivity index (χ4n) is 2.79. The van der Waals surface area contributed by atoms with Gasteiger partial charge in [0, 0.05) is 25.8 Å². The quantitative estimate of drug-likeness (QED) is 0.665. The molecule has 0 atom stereocenters. The molecule has 1 aromatic carbocycles. The minimum absolute atomic E-state index is 0.255. The van der Waals surface area contributed by atoms with E-state index in [1.54, 1.807) is 14.0 Å². The molecule has 0 bridgehead atoms. The highest BCUT2D eigenvalue weighted by Gasteiger charge is 2.21. The van der Waals surface area contributed by atoms with Gasteiger partial charge in [0.2, 0.25) is 0 Å². The lowest BCUT2D eigenvalue weighted by atomic mass is 10.2. The van der Waals surface area contributed by atoms with Crippen molar-refractivity contribution in [1.29, 1.82) is 0 Å². The van der Waals surface area contributed by atoms with E-state index in [0.717, 1.165) is 37.7 Å². The standard InChI is InChI=1S/C18H22BrN3O4/c1-3-25-18(23)17-16(19)15(20-21(17)2)12-26-14-6-4-13(5-7-14)22-8-10-24-11-9-22/h4-7H,3,8-12H2,1-2H3. The second-order valence-corrected chi connectivity index (χ2v) is 6.63. The topological polar surface area (TPSA) is 65.8 Å². The van der Waals surface area contributed by atoms with Crippen LogP contribution in [0.15, 0.2) is 28.7 Å². The summed E-state index contributed by atoms with van der Waals surface area (Å²) in [6.45, 7) is 5.66. The molecule has 26 heavy (non-hydrogen) atoms. The molecule has 1 fully saturated rings. The van der Waals surface area contributed by atoms with Gasteiger partial charge in [-0.25, -0.2) is 4.79 Å². The van der Waals surface area contributed by atoms with Gasteiger partial charge >= 0.3 is 5.97 Å². The Labute approximate surface area is 161 Å². The van der Waals surface area contributed by atoms with Crippen LogP contribution in [0.3, 0.4) is 0 Å². The van der Waals surface area contributed by atoms with Gasteiger partial charge in [0.1, 0.15) is 18.1 Å². The molecule has 0 aliphatic carbocycles. The molecule has 0 saturated carbocycles. The number of hydrogen-bond acceptors (Lipinski definition) is 6. The Bertz CT molecular complexity index is 755. The fraction of sp³-hybridized carbons (Fsp3) is 0.444. The average molecular weight is 424 g/mol. The summed E-state index contributed by atoms with van der Waals surface area (Å²) in [4.78, 5) is 14.3. The van der Waals surface area contributed by atoms with Crippen LogP contribution < -0.4 is 9.64 Å². The van der Waals surface area contributed by atoms with Crippen molar-refractivity contribution in [2.75, 3.05) is 37.8 Å². The second kappa shape index (κ2) is 8.55. The predicted molar refractivity (Wildman–Crippen MR) is 101 cm³/mol. The van der Waals surface area contributed by atoms with Crippen LogP contribution in [-0.4, -0.2) is 48.7 Å². The van der Waals surface area contributed by atoms with Crippen molar-refractivity contribution < 1.29 is 19.0 Å². The summed E-state index contributed by atoms with van der Waals surface area (Å²) in [5, 5.41) is 4.34. The first-order valence-corrected chi connectivity index (χ1v) is 9.33. The van der Waals surface area contributed by atoms with Gasteiger partial charge in [-0.15, -0.1) is 0 Å². The zero-order valence-corrected chi connectivity index (χ0v) is 16.5. The van der Waals surface area contributed by atoms with E-state index in [0.29, 0.717) is 22.5 Å². The zero-order chi connectivity index (χ0) is 18.5. The van der Waals surface area contributed by atoms with Gasteiger partial charge in [-0.05, 0) is 47.1 Å². The number of nitrogens with zero attached hydrogens (tertiary/aromatic N) is 3. The normalized spacial score (nSPS) is 14.3. The van der Waals surface area contributed by atoms with Crippen molar-refractivity contribution in [3.63, 3.8) is 0 Å². The van der Waals surface area contributed by atoms with Crippen LogP contribution in [0.1, 0.15) is 23.1 Å². The van der Waals surface area contributed by atoms with Gasteiger partial charge in [0.25, 0.3) is 0 Å². The average Bonchev–Trinajstić information content (AvgIpc) is 2.95. The summed E-state index contributed by atoms with van der Waals surface area (Å²) in [5.41, 5.74) is 2.19. The molecule has 140 valence electrons. The molecule has 1 aliphatic rings. The number of anilines is 1. The van der Waals surface area contributed by atoms with Crippen LogP contribution in [0.25, 0.3) is 0 Å². The molecule has 1 aliphatic heterocycles. The highest BCUT2D eigenvalue weighted by Crippen LogP contribution is 2.25. The van der Waals surface area contributed by atoms with Crippen molar-refractivity contribution in [2.24, 2.45) is 7.05 Å². The van der Waals surface area contributed by atoms with E-state index in [4.69, 9.17) is 14.2 Å². The predicted octanol–water partition coefficient (Wildman–Crippen LogP) is 2.77. The third-order valence-electron chi connectivity index (χ3n) is 4.11. The zero-order valence-electron chi connectivity index (χ0n) is 14.9. The Kier molecular flexibility index (Phi) is 6.16. The summed E-state index contributed by atoms with van der Waals surface area (Å²) in [6.07, 6.45) is 0. The van der Waals surface area contributed by atoms with Crippen molar-refractivity contribution in [3.05, 3.63) is 40.1 Å². The minimum atomic E-state index is -0.407. The summed E-state index contributed by atoms with van der Waals surface area (Å²) in [7, 11) is 1.71. The molecule has 1 saturated heterocycles. The molecule has 8 heteroatoms. The smallest absolute Gasteiger partial charge is 0.357 e. The number of hydrogen-bond donors (Lipinski definition) is 0. The molecule has 2 heterocycles. The Balaban J connectivity index is 1.64. The van der Waals surface area contributed by atoms with E-state index in [1.165, 1.54) is 4.68 Å². The van der Waals surface area contributed by atoms with Gasteiger partial charge in [0.05, 0.1) is 24.3 Å². The molecule has 2 aromatic rings. The number of halogens is 1. The largest absolute Gasteiger partial charge is 0.487 e. The third-order valence-corrected chi connectivity index (χ3v) is 4.95. The van der Waals surface area contributed by atoms with Crippen molar-refractivity contribution in [3.8, 4) is 5.75 Å². The van der Waals surface area contributed by atoms with Gasteiger partial charge in [0.15, 0.2) is 5.69 Å². The summed E-state index contributed by atoms with van der Waals surface area (Å²) < 4.78 is 18.4. The Morgan fingerprint density at radius 3 is 2.62 bits per heavy atom. The number of benzene rings is 1. The molecule has 0 amide bonds. The number of carbonyl (C=O) groups is 1. The van der Waals surface area contributed by atoms with E-state index in [1.807, 2.05) is 24.3 Å². The highest BCUT2D eigenvalue weighted by molar-refractivity contribution is 9.10. The Morgan fingerprint density at radius 2 is 1.96 bits per heavy atom. The van der Waals surface area contributed by atoms with Crippen LogP contribution in [0, 0.1) is 0 Å². The molecule has 0 radical (unpaired) electrons. The van der Waals surface area contributed by atoms with E-state index < -0.39 is 5.97 Å². The van der Waals surface area contributed by atoms with Gasteiger partial charge in [-0.1, -0.05) is 0 Å². The molecule has 1 aromatic heterocycles. The molecule has 3 rings (SSSR count). The molecule has 0 unspecified atom stereocenters. The first-order valence-electron chi connectivity index (χ1n) is 8.54. The van der Waals surface area contributed by atoms with E-state index in [9.17, 15) is 4.79 Å². The van der Waals surface area contributed by atoms with Crippen LogP contribution >= 0.6 is 15.9 Å². The molecular formula is C18H22BrN3O4. The summed E-state index contributed by atoms with van der Waals surface area (Å²) in [5.74, 6) is 0.340. The number of ether oxygens (including phenoxy) is 3. The lowest BCUT2D eigenvalue weighted by Crippen LogP contribution is -2.36. The Hall–Kier alpha value is -2.06. The van der Waals surface area contributed by atoms with Crippen LogP contribution in [0.2, 0.25) is 0 Å². The van der Waals surface area contributed by atoms with E-state index >= 15 is 0 Å². The number of esters is 1. The number of aromatic nitrogens is 2. The third kappa shape index (κ3) is 4.19. The maximum absolute atomic E-state index is 12.0. The minimum Gasteiger partial charge on any atom is -0.487 e.